The highest BCUT2D eigenvalue weighted by atomic mass is 35.5. The van der Waals surface area contributed by atoms with Crippen molar-refractivity contribution >= 4 is 48.5 Å². The molecule has 5 aromatic carbocycles. The van der Waals surface area contributed by atoms with E-state index in [4.69, 9.17) is 25.8 Å². The average molecular weight is 677 g/mol. The Morgan fingerprint density at radius 1 is 0.553 bits per heavy atom. The molecule has 0 aliphatic heterocycles. The number of benzene rings is 5. The molecule has 0 amide bonds. The Balaban J connectivity index is 1.81. The summed E-state index contributed by atoms with van der Waals surface area (Å²) in [5, 5.41) is 5.34. The fourth-order valence-corrected chi connectivity index (χ4v) is 22.4. The van der Waals surface area contributed by atoms with Crippen LogP contribution in [-0.2, 0) is 0 Å². The van der Waals surface area contributed by atoms with E-state index in [0.29, 0.717) is 25.3 Å². The van der Waals surface area contributed by atoms with E-state index in [-0.39, 0.29) is 0 Å². The molecule has 0 spiro atoms. The van der Waals surface area contributed by atoms with Crippen LogP contribution in [0.15, 0.2) is 140 Å². The van der Waals surface area contributed by atoms with Gasteiger partial charge in [0.05, 0.1) is 19.8 Å². The highest BCUT2D eigenvalue weighted by molar-refractivity contribution is 7.19. The van der Waals surface area contributed by atoms with Gasteiger partial charge in [-0.15, -0.1) is 18.2 Å². The first-order valence-corrected chi connectivity index (χ1v) is 21.9. The monoisotopic (exact) mass is 676 g/mol. The minimum Gasteiger partial charge on any atom is -0.494 e. The standard InChI is InChI=1S/C41H45ClO3Si2/c1-5-30-46(37-24-18-34(19-25-37)43-6-2,41-17-13-12-16-40(41)33-14-10-9-11-15-33)32-47(31-42,38-26-20-35(21-27-38)44-7-3)39-28-22-36(23-29-39)45-8-4/h5,9-29H,1,6-8,30-32H2,2-4H3. The molecule has 6 heteroatoms. The van der Waals surface area contributed by atoms with Crippen molar-refractivity contribution in [2.24, 2.45) is 0 Å². The minimum absolute atomic E-state index is 0.533. The van der Waals surface area contributed by atoms with Crippen LogP contribution < -0.4 is 35.0 Å². The molecule has 0 N–H and O–H groups in total. The second kappa shape index (κ2) is 16.2. The first-order chi connectivity index (χ1) is 23.0. The third-order valence-corrected chi connectivity index (χ3v) is 22.4. The SMILES string of the molecule is C=CC[Si](C[Si](CCl)(c1ccc(OCC)cc1)c1ccc(OCC)cc1)(c1ccc(OCC)cc1)c1ccccc1-c1ccccc1. The maximum absolute atomic E-state index is 7.38. The normalized spacial score (nSPS) is 12.6. The van der Waals surface area contributed by atoms with Crippen LogP contribution in [-0.4, -0.2) is 41.5 Å². The zero-order valence-electron chi connectivity index (χ0n) is 27.8. The highest BCUT2D eigenvalue weighted by Crippen LogP contribution is 2.31. The maximum atomic E-state index is 7.38. The van der Waals surface area contributed by atoms with E-state index < -0.39 is 16.1 Å². The number of ether oxygens (including phenoxy) is 3. The van der Waals surface area contributed by atoms with Gasteiger partial charge in [-0.05, 0) is 85.2 Å². The lowest BCUT2D eigenvalue weighted by molar-refractivity contribution is 0.340. The Bertz CT molecular complexity index is 1660. The van der Waals surface area contributed by atoms with E-state index in [1.165, 1.54) is 31.9 Å². The lowest BCUT2D eigenvalue weighted by Gasteiger charge is -2.42. The second-order valence-electron chi connectivity index (χ2n) is 11.8. The third-order valence-electron chi connectivity index (χ3n) is 9.01. The summed E-state index contributed by atoms with van der Waals surface area (Å²) in [4.78, 5) is 0. The second-order valence-corrected chi connectivity index (χ2v) is 21.2. The predicted octanol–water partition coefficient (Wildman–Crippen LogP) is 7.88. The first kappa shape index (κ1) is 34.3. The number of halogens is 1. The Morgan fingerprint density at radius 3 is 1.40 bits per heavy atom. The van der Waals surface area contributed by atoms with Gasteiger partial charge in [-0.3, -0.25) is 0 Å². The van der Waals surface area contributed by atoms with E-state index in [1.807, 2.05) is 20.8 Å². The van der Waals surface area contributed by atoms with Crippen molar-refractivity contribution in [1.29, 1.82) is 0 Å². The molecule has 47 heavy (non-hydrogen) atoms. The molecule has 5 aromatic rings. The summed E-state index contributed by atoms with van der Waals surface area (Å²) < 4.78 is 17.7. The molecule has 0 aliphatic carbocycles. The van der Waals surface area contributed by atoms with Crippen molar-refractivity contribution < 1.29 is 14.2 Å². The van der Waals surface area contributed by atoms with Crippen LogP contribution in [0.2, 0.25) is 11.7 Å². The number of allylic oxidation sites excluding steroid dienone is 1. The molecular formula is C41H45ClO3Si2. The molecule has 3 nitrogen and oxygen atoms in total. The lowest BCUT2D eigenvalue weighted by atomic mass is 10.1. The van der Waals surface area contributed by atoms with Gasteiger partial charge >= 0.3 is 0 Å². The maximum Gasteiger partial charge on any atom is 0.130 e. The van der Waals surface area contributed by atoms with Crippen molar-refractivity contribution in [2.75, 3.05) is 25.3 Å². The van der Waals surface area contributed by atoms with Gasteiger partial charge in [-0.2, -0.15) is 0 Å². The largest absolute Gasteiger partial charge is 0.494 e. The van der Waals surface area contributed by atoms with Crippen molar-refractivity contribution in [3.8, 4) is 28.4 Å². The summed E-state index contributed by atoms with van der Waals surface area (Å²) in [6, 6.07) is 46.9. The van der Waals surface area contributed by atoms with E-state index in [2.05, 4.69) is 140 Å². The topological polar surface area (TPSA) is 27.7 Å². The number of alkyl halides is 1. The van der Waals surface area contributed by atoms with E-state index in [1.54, 1.807) is 0 Å². The minimum atomic E-state index is -2.67. The zero-order valence-corrected chi connectivity index (χ0v) is 30.5. The van der Waals surface area contributed by atoms with Gasteiger partial charge < -0.3 is 14.2 Å². The van der Waals surface area contributed by atoms with Crippen LogP contribution in [0, 0.1) is 0 Å². The third kappa shape index (κ3) is 7.43. The van der Waals surface area contributed by atoms with Gasteiger partial charge in [0.2, 0.25) is 0 Å². The van der Waals surface area contributed by atoms with Crippen LogP contribution in [0.1, 0.15) is 20.8 Å². The summed E-state index contributed by atoms with van der Waals surface area (Å²) in [7, 11) is -5.33. The van der Waals surface area contributed by atoms with Crippen molar-refractivity contribution in [1.82, 2.24) is 0 Å². The van der Waals surface area contributed by atoms with Gasteiger partial charge in [0, 0.05) is 5.50 Å². The van der Waals surface area contributed by atoms with E-state index in [0.717, 1.165) is 29.0 Å². The van der Waals surface area contributed by atoms with Crippen LogP contribution in [0.3, 0.4) is 0 Å². The van der Waals surface area contributed by atoms with Gasteiger partial charge in [0.15, 0.2) is 0 Å². The molecular weight excluding hydrogens is 632 g/mol. The van der Waals surface area contributed by atoms with Gasteiger partial charge in [0.1, 0.15) is 33.4 Å². The summed E-state index contributed by atoms with van der Waals surface area (Å²) in [5.74, 6) is 2.62. The fourth-order valence-electron chi connectivity index (χ4n) is 6.87. The van der Waals surface area contributed by atoms with Gasteiger partial charge in [-0.1, -0.05) is 113 Å². The Labute approximate surface area is 287 Å². The molecule has 5 rings (SSSR count). The Kier molecular flexibility index (Phi) is 11.8. The predicted molar refractivity (Wildman–Crippen MR) is 205 cm³/mol. The summed E-state index contributed by atoms with van der Waals surface area (Å²) in [6.45, 7) is 12.3. The van der Waals surface area contributed by atoms with Crippen LogP contribution >= 0.6 is 11.6 Å². The number of hydrogen-bond acceptors (Lipinski definition) is 3. The lowest BCUT2D eigenvalue weighted by Crippen LogP contribution is -2.71. The van der Waals surface area contributed by atoms with Gasteiger partial charge in [0.25, 0.3) is 0 Å². The average Bonchev–Trinajstić information content (AvgIpc) is 3.12. The summed E-state index contributed by atoms with van der Waals surface area (Å²) >= 11 is 7.38. The molecule has 0 aliphatic rings. The van der Waals surface area contributed by atoms with Crippen LogP contribution in [0.4, 0.5) is 0 Å². The molecule has 1 atom stereocenters. The molecule has 0 bridgehead atoms. The van der Waals surface area contributed by atoms with E-state index in [9.17, 15) is 0 Å². The first-order valence-electron chi connectivity index (χ1n) is 16.5. The molecule has 242 valence electrons. The number of hydrogen-bond donors (Lipinski definition) is 0. The van der Waals surface area contributed by atoms with E-state index >= 15 is 0 Å². The zero-order chi connectivity index (χ0) is 33.1. The van der Waals surface area contributed by atoms with Crippen LogP contribution in [0.25, 0.3) is 11.1 Å². The number of rotatable bonds is 16. The molecule has 0 saturated heterocycles. The molecule has 0 radical (unpaired) electrons. The van der Waals surface area contributed by atoms with Crippen molar-refractivity contribution in [2.45, 2.75) is 32.5 Å². The molecule has 0 aromatic heterocycles. The molecule has 0 saturated carbocycles. The summed E-state index contributed by atoms with van der Waals surface area (Å²) in [6.07, 6.45) is 2.13. The van der Waals surface area contributed by atoms with Crippen LogP contribution in [0.5, 0.6) is 17.2 Å². The Morgan fingerprint density at radius 2 is 0.979 bits per heavy atom. The summed E-state index contributed by atoms with van der Waals surface area (Å²) in [5.41, 5.74) is 3.97. The highest BCUT2D eigenvalue weighted by Gasteiger charge is 2.49. The van der Waals surface area contributed by atoms with Gasteiger partial charge in [-0.25, -0.2) is 0 Å². The smallest absolute Gasteiger partial charge is 0.130 e. The van der Waals surface area contributed by atoms with Crippen molar-refractivity contribution in [3.05, 3.63) is 140 Å². The Hall–Kier alpha value is -4.04. The fraction of sp³-hybridized carbons (Fsp3) is 0.220. The quantitative estimate of drug-likeness (QED) is 0.0605. The molecule has 0 heterocycles. The molecule has 0 fully saturated rings. The molecule has 1 unspecified atom stereocenters. The van der Waals surface area contributed by atoms with Crippen molar-refractivity contribution in [3.63, 3.8) is 0 Å².